The van der Waals surface area contributed by atoms with Crippen LogP contribution in [0, 0.1) is 6.92 Å². The van der Waals surface area contributed by atoms with Gasteiger partial charge >= 0.3 is 0 Å². The summed E-state index contributed by atoms with van der Waals surface area (Å²) in [6.45, 7) is 5.69. The van der Waals surface area contributed by atoms with Gasteiger partial charge in [0.15, 0.2) is 5.82 Å². The highest BCUT2D eigenvalue weighted by atomic mass is 16.5. The molecule has 0 aliphatic heterocycles. The number of nitrogens with zero attached hydrogens (tertiary/aromatic N) is 3. The molecule has 0 fully saturated rings. The molecule has 134 valence electrons. The standard InChI is InChI=1S/C18H19N5O3/c1-11(2)25-14-6-4-13(5-7-14)20-17(24)15-8-9-19-18(21-15)22-16-10-12(3)26-23-16/h4-11H,1-3H3,(H,20,24)(H,19,21,22,23). The molecule has 0 radical (unpaired) electrons. The summed E-state index contributed by atoms with van der Waals surface area (Å²) in [6, 6.07) is 10.4. The van der Waals surface area contributed by atoms with Gasteiger partial charge in [0.1, 0.15) is 17.2 Å². The predicted molar refractivity (Wildman–Crippen MR) is 96.7 cm³/mol. The van der Waals surface area contributed by atoms with Gasteiger partial charge in [0, 0.05) is 18.0 Å². The minimum Gasteiger partial charge on any atom is -0.491 e. The molecule has 0 saturated carbocycles. The molecule has 3 aromatic rings. The van der Waals surface area contributed by atoms with Gasteiger partial charge in [-0.3, -0.25) is 4.79 Å². The first-order chi connectivity index (χ1) is 12.5. The summed E-state index contributed by atoms with van der Waals surface area (Å²) in [6.07, 6.45) is 1.59. The first-order valence-corrected chi connectivity index (χ1v) is 8.11. The third-order valence-electron chi connectivity index (χ3n) is 3.24. The second kappa shape index (κ2) is 7.64. The molecule has 0 saturated heterocycles. The van der Waals surface area contributed by atoms with Gasteiger partial charge in [-0.15, -0.1) is 0 Å². The van der Waals surface area contributed by atoms with Gasteiger partial charge in [-0.25, -0.2) is 9.97 Å². The van der Waals surface area contributed by atoms with E-state index in [-0.39, 0.29) is 23.7 Å². The van der Waals surface area contributed by atoms with Crippen molar-refractivity contribution < 1.29 is 14.1 Å². The van der Waals surface area contributed by atoms with Crippen molar-refractivity contribution in [3.63, 3.8) is 0 Å². The molecule has 8 heteroatoms. The normalized spacial score (nSPS) is 10.6. The van der Waals surface area contributed by atoms with Crippen LogP contribution in [0.15, 0.2) is 47.1 Å². The van der Waals surface area contributed by atoms with Crippen molar-refractivity contribution in [2.75, 3.05) is 10.6 Å². The maximum absolute atomic E-state index is 12.4. The monoisotopic (exact) mass is 353 g/mol. The molecule has 2 aromatic heterocycles. The Morgan fingerprint density at radius 1 is 1.19 bits per heavy atom. The van der Waals surface area contributed by atoms with E-state index in [2.05, 4.69) is 25.8 Å². The van der Waals surface area contributed by atoms with Crippen LogP contribution in [0.1, 0.15) is 30.1 Å². The lowest BCUT2D eigenvalue weighted by Gasteiger charge is -2.10. The fourth-order valence-electron chi connectivity index (χ4n) is 2.17. The maximum atomic E-state index is 12.4. The van der Waals surface area contributed by atoms with Crippen LogP contribution in [-0.4, -0.2) is 27.1 Å². The molecule has 26 heavy (non-hydrogen) atoms. The summed E-state index contributed by atoms with van der Waals surface area (Å²) >= 11 is 0. The molecule has 2 heterocycles. The van der Waals surface area contributed by atoms with Crippen LogP contribution in [-0.2, 0) is 0 Å². The lowest BCUT2D eigenvalue weighted by Crippen LogP contribution is -2.14. The first kappa shape index (κ1) is 17.4. The van der Waals surface area contributed by atoms with Crippen molar-refractivity contribution in [1.82, 2.24) is 15.1 Å². The number of hydrogen-bond donors (Lipinski definition) is 2. The number of aromatic nitrogens is 3. The highest BCUT2D eigenvalue weighted by molar-refractivity contribution is 6.03. The topological polar surface area (TPSA) is 102 Å². The quantitative estimate of drug-likeness (QED) is 0.698. The number of ether oxygens (including phenoxy) is 1. The molecule has 0 atom stereocenters. The average Bonchev–Trinajstić information content (AvgIpc) is 3.01. The molecule has 0 spiro atoms. The Bertz CT molecular complexity index is 890. The van der Waals surface area contributed by atoms with Crippen molar-refractivity contribution in [2.24, 2.45) is 0 Å². The molecular weight excluding hydrogens is 334 g/mol. The third-order valence-corrected chi connectivity index (χ3v) is 3.24. The van der Waals surface area contributed by atoms with Crippen LogP contribution in [0.4, 0.5) is 17.5 Å². The number of hydrogen-bond acceptors (Lipinski definition) is 7. The van der Waals surface area contributed by atoms with E-state index in [1.165, 1.54) is 12.3 Å². The number of rotatable bonds is 6. The zero-order valence-electron chi connectivity index (χ0n) is 14.7. The highest BCUT2D eigenvalue weighted by Gasteiger charge is 2.11. The van der Waals surface area contributed by atoms with Gasteiger partial charge in [0.25, 0.3) is 5.91 Å². The van der Waals surface area contributed by atoms with E-state index in [0.717, 1.165) is 5.75 Å². The summed E-state index contributed by atoms with van der Waals surface area (Å²) in [5.74, 6) is 1.79. The van der Waals surface area contributed by atoms with Gasteiger partial charge in [0.2, 0.25) is 5.95 Å². The summed E-state index contributed by atoms with van der Waals surface area (Å²) in [4.78, 5) is 20.7. The largest absolute Gasteiger partial charge is 0.491 e. The Labute approximate surface area is 150 Å². The first-order valence-electron chi connectivity index (χ1n) is 8.11. The van der Waals surface area contributed by atoms with E-state index >= 15 is 0 Å². The fraction of sp³-hybridized carbons (Fsp3) is 0.222. The fourth-order valence-corrected chi connectivity index (χ4v) is 2.17. The summed E-state index contributed by atoms with van der Waals surface area (Å²) in [5, 5.41) is 9.48. The number of amides is 1. The van der Waals surface area contributed by atoms with Crippen LogP contribution in [0.2, 0.25) is 0 Å². The molecule has 3 rings (SSSR count). The molecule has 0 bridgehead atoms. The average molecular weight is 353 g/mol. The molecule has 0 aliphatic carbocycles. The van der Waals surface area contributed by atoms with Gasteiger partial charge in [-0.1, -0.05) is 5.16 Å². The van der Waals surface area contributed by atoms with Crippen molar-refractivity contribution in [3.8, 4) is 5.75 Å². The van der Waals surface area contributed by atoms with E-state index in [1.54, 1.807) is 37.3 Å². The zero-order valence-corrected chi connectivity index (χ0v) is 14.7. The van der Waals surface area contributed by atoms with Gasteiger partial charge < -0.3 is 19.9 Å². The maximum Gasteiger partial charge on any atom is 0.274 e. The molecule has 2 N–H and O–H groups in total. The van der Waals surface area contributed by atoms with E-state index in [0.29, 0.717) is 17.3 Å². The Hall–Kier alpha value is -3.42. The molecule has 1 amide bonds. The Morgan fingerprint density at radius 3 is 2.62 bits per heavy atom. The Morgan fingerprint density at radius 2 is 1.96 bits per heavy atom. The molecular formula is C18H19N5O3. The third kappa shape index (κ3) is 4.56. The van der Waals surface area contributed by atoms with Crippen molar-refractivity contribution in [2.45, 2.75) is 26.9 Å². The lowest BCUT2D eigenvalue weighted by atomic mass is 10.3. The van der Waals surface area contributed by atoms with Crippen molar-refractivity contribution >= 4 is 23.4 Å². The van der Waals surface area contributed by atoms with Crippen molar-refractivity contribution in [1.29, 1.82) is 0 Å². The molecule has 1 aromatic carbocycles. The van der Waals surface area contributed by atoms with E-state index in [9.17, 15) is 4.79 Å². The van der Waals surface area contributed by atoms with Gasteiger partial charge in [-0.05, 0) is 51.1 Å². The van der Waals surface area contributed by atoms with Crippen LogP contribution in [0.5, 0.6) is 5.75 Å². The second-order valence-electron chi connectivity index (χ2n) is 5.86. The summed E-state index contributed by atoms with van der Waals surface area (Å²) < 4.78 is 10.5. The second-order valence-corrected chi connectivity index (χ2v) is 5.86. The van der Waals surface area contributed by atoms with Gasteiger partial charge in [0.05, 0.1) is 6.10 Å². The molecule has 0 aliphatic rings. The number of carbonyl (C=O) groups excluding carboxylic acids is 1. The smallest absolute Gasteiger partial charge is 0.274 e. The zero-order chi connectivity index (χ0) is 18.5. The summed E-state index contributed by atoms with van der Waals surface area (Å²) in [5.41, 5.74) is 0.872. The van der Waals surface area contributed by atoms with Gasteiger partial charge in [-0.2, -0.15) is 0 Å². The van der Waals surface area contributed by atoms with Crippen molar-refractivity contribution in [3.05, 3.63) is 54.0 Å². The van der Waals surface area contributed by atoms with Crippen LogP contribution < -0.4 is 15.4 Å². The van der Waals surface area contributed by atoms with E-state index in [1.807, 2.05) is 13.8 Å². The minimum absolute atomic E-state index is 0.0934. The Kier molecular flexibility index (Phi) is 5.12. The van der Waals surface area contributed by atoms with Crippen LogP contribution in [0.25, 0.3) is 0 Å². The number of nitrogens with one attached hydrogen (secondary N) is 2. The lowest BCUT2D eigenvalue weighted by molar-refractivity contribution is 0.102. The molecule has 0 unspecified atom stereocenters. The number of benzene rings is 1. The minimum atomic E-state index is -0.343. The number of anilines is 3. The van der Waals surface area contributed by atoms with E-state index < -0.39 is 0 Å². The number of aryl methyl sites for hydroxylation is 1. The SMILES string of the molecule is Cc1cc(Nc2nccc(C(=O)Nc3ccc(OC(C)C)cc3)n2)no1. The van der Waals surface area contributed by atoms with Crippen LogP contribution in [0.3, 0.4) is 0 Å². The van der Waals surface area contributed by atoms with Crippen LogP contribution >= 0.6 is 0 Å². The Balaban J connectivity index is 1.66. The summed E-state index contributed by atoms with van der Waals surface area (Å²) in [7, 11) is 0. The number of carbonyl (C=O) groups is 1. The molecule has 8 nitrogen and oxygen atoms in total. The van der Waals surface area contributed by atoms with E-state index in [4.69, 9.17) is 9.26 Å². The predicted octanol–water partition coefficient (Wildman–Crippen LogP) is 3.56. The highest BCUT2D eigenvalue weighted by Crippen LogP contribution is 2.18.